The Labute approximate surface area is 297 Å². The highest BCUT2D eigenvalue weighted by atomic mass is 16.6. The fourth-order valence-corrected chi connectivity index (χ4v) is 8.35. The lowest BCUT2D eigenvalue weighted by Crippen LogP contribution is -2.37. The molecule has 282 valence electrons. The van der Waals surface area contributed by atoms with E-state index in [9.17, 15) is 15.0 Å². The molecule has 0 aromatic rings. The molecule has 0 saturated heterocycles. The van der Waals surface area contributed by atoms with Crippen molar-refractivity contribution in [3.8, 4) is 0 Å². The van der Waals surface area contributed by atoms with E-state index in [1.165, 1.54) is 51.0 Å². The quantitative estimate of drug-likeness (QED) is 0.0699. The van der Waals surface area contributed by atoms with E-state index < -0.39 is 18.2 Å². The summed E-state index contributed by atoms with van der Waals surface area (Å²) in [5, 5.41) is 22.2. The van der Waals surface area contributed by atoms with E-state index in [2.05, 4.69) is 27.7 Å². The zero-order valence-corrected chi connectivity index (χ0v) is 31.4. The third kappa shape index (κ3) is 12.8. The van der Waals surface area contributed by atoms with Crippen LogP contribution in [0.15, 0.2) is 23.2 Å². The van der Waals surface area contributed by atoms with E-state index >= 15 is 0 Å². The fourth-order valence-electron chi connectivity index (χ4n) is 8.35. The first-order chi connectivity index (χ1) is 23.8. The second-order valence-electron chi connectivity index (χ2n) is 15.5. The van der Waals surface area contributed by atoms with E-state index in [0.717, 1.165) is 76.6 Å². The number of aliphatic hydroxyl groups excluding tert-OH is 2. The van der Waals surface area contributed by atoms with Crippen molar-refractivity contribution in [2.75, 3.05) is 26.4 Å². The molecule has 0 bridgehead atoms. The maximum Gasteiger partial charge on any atom is 0.334 e. The van der Waals surface area contributed by atoms with Crippen molar-refractivity contribution < 1.29 is 38.7 Å². The molecule has 4 aliphatic rings. The molecule has 8 heteroatoms. The molecule has 0 aromatic carbocycles. The molecule has 0 spiro atoms. The van der Waals surface area contributed by atoms with Crippen LogP contribution in [-0.4, -0.2) is 73.1 Å². The summed E-state index contributed by atoms with van der Waals surface area (Å²) in [7, 11) is 0. The number of aliphatic hydroxyl groups is 2. The Morgan fingerprint density at radius 2 is 1.35 bits per heavy atom. The second-order valence-corrected chi connectivity index (χ2v) is 15.5. The summed E-state index contributed by atoms with van der Waals surface area (Å²) in [4.78, 5) is 12.1. The van der Waals surface area contributed by atoms with E-state index in [0.29, 0.717) is 56.2 Å². The van der Waals surface area contributed by atoms with Gasteiger partial charge in [-0.25, -0.2) is 4.79 Å². The summed E-state index contributed by atoms with van der Waals surface area (Å²) in [5.74, 6) is 1.44. The Hall–Kier alpha value is -1.61. The monoisotopic (exact) mass is 691 g/mol. The van der Waals surface area contributed by atoms with Gasteiger partial charge in [-0.2, -0.15) is 0 Å². The average molecular weight is 691 g/mol. The molecule has 8 nitrogen and oxygen atoms in total. The smallest absolute Gasteiger partial charge is 0.334 e. The summed E-state index contributed by atoms with van der Waals surface area (Å²) >= 11 is 0. The van der Waals surface area contributed by atoms with Crippen LogP contribution in [0, 0.1) is 23.7 Å². The van der Waals surface area contributed by atoms with Gasteiger partial charge in [0.15, 0.2) is 0 Å². The molecule has 3 saturated carbocycles. The molecular weight excluding hydrogens is 620 g/mol. The first-order valence-electron chi connectivity index (χ1n) is 20.3. The number of esters is 1. The van der Waals surface area contributed by atoms with Crippen LogP contribution >= 0.6 is 0 Å². The van der Waals surface area contributed by atoms with Crippen molar-refractivity contribution in [2.45, 2.75) is 180 Å². The molecule has 0 amide bonds. The van der Waals surface area contributed by atoms with Gasteiger partial charge in [0.1, 0.15) is 30.3 Å². The van der Waals surface area contributed by atoms with Crippen LogP contribution in [0.5, 0.6) is 0 Å². The van der Waals surface area contributed by atoms with Crippen molar-refractivity contribution in [2.24, 2.45) is 23.7 Å². The van der Waals surface area contributed by atoms with Crippen LogP contribution in [0.2, 0.25) is 0 Å². The summed E-state index contributed by atoms with van der Waals surface area (Å²) in [6, 6.07) is 0. The lowest BCUT2D eigenvalue weighted by Gasteiger charge is -2.37. The van der Waals surface area contributed by atoms with Gasteiger partial charge in [0.05, 0.1) is 36.9 Å². The van der Waals surface area contributed by atoms with E-state index in [-0.39, 0.29) is 29.8 Å². The van der Waals surface area contributed by atoms with Crippen molar-refractivity contribution in [1.82, 2.24) is 0 Å². The zero-order chi connectivity index (χ0) is 35.0. The lowest BCUT2D eigenvalue weighted by molar-refractivity contribution is -0.149. The summed E-state index contributed by atoms with van der Waals surface area (Å²) in [6.07, 6.45) is 20.3. The van der Waals surface area contributed by atoms with Gasteiger partial charge in [0.2, 0.25) is 0 Å². The molecule has 5 unspecified atom stereocenters. The number of ether oxygens (including phenoxy) is 5. The molecule has 49 heavy (non-hydrogen) atoms. The summed E-state index contributed by atoms with van der Waals surface area (Å²) in [6.45, 7) is 11.6. The number of unbranched alkanes of at least 4 members (excludes halogenated alkanes) is 2. The average Bonchev–Trinajstić information content (AvgIpc) is 3.12. The molecule has 0 radical (unpaired) electrons. The van der Waals surface area contributed by atoms with Crippen molar-refractivity contribution >= 4 is 5.97 Å². The molecule has 2 N–H and O–H groups in total. The van der Waals surface area contributed by atoms with Gasteiger partial charge in [-0.3, -0.25) is 0 Å². The number of hydrogen-bond acceptors (Lipinski definition) is 8. The molecule has 3 aliphatic carbocycles. The van der Waals surface area contributed by atoms with Gasteiger partial charge in [-0.15, -0.1) is 0 Å². The van der Waals surface area contributed by atoms with Gasteiger partial charge >= 0.3 is 5.97 Å². The Kier molecular flexibility index (Phi) is 17.8. The molecule has 5 atom stereocenters. The van der Waals surface area contributed by atoms with Crippen LogP contribution in [0.4, 0.5) is 0 Å². The van der Waals surface area contributed by atoms with Crippen molar-refractivity contribution in [1.29, 1.82) is 0 Å². The maximum absolute atomic E-state index is 12.1. The van der Waals surface area contributed by atoms with Crippen LogP contribution in [0.3, 0.4) is 0 Å². The summed E-state index contributed by atoms with van der Waals surface area (Å²) < 4.78 is 31.1. The van der Waals surface area contributed by atoms with Crippen molar-refractivity contribution in [3.05, 3.63) is 23.2 Å². The standard InChI is InChI=1S/C41H70O8/c1-5-9-11-29(7-3)27-47-34-16-13-31(14-17-34)40(44)41(32-15-22-36-37(42)26-39(43)49-38(36)25-32)46-24-23-45-33-18-20-35(21-19-33)48-28-30(8-4)12-10-6-2/h26,29-31,33-36,38,40,42,44H,5-25,27-28H2,1-4H3/b41-32-. The highest BCUT2D eigenvalue weighted by molar-refractivity contribution is 5.83. The first kappa shape index (κ1) is 40.2. The Morgan fingerprint density at radius 3 is 1.90 bits per heavy atom. The molecule has 3 fully saturated rings. The fraction of sp³-hybridized carbons (Fsp3) is 0.878. The van der Waals surface area contributed by atoms with E-state index in [1.807, 2.05) is 0 Å². The number of fused-ring (bicyclic) bond motifs is 1. The zero-order valence-electron chi connectivity index (χ0n) is 31.4. The SMILES string of the molecule is CCCCC(CC)COC1CCC(OCCO/C(=C2/CCC3C(O)=CC(=O)OC3C2)C(O)C2CCC(OCC(CC)CCCC)CC2)CC1. The third-order valence-corrected chi connectivity index (χ3v) is 11.9. The van der Waals surface area contributed by atoms with Gasteiger partial charge in [0, 0.05) is 19.6 Å². The van der Waals surface area contributed by atoms with Crippen LogP contribution in [-0.2, 0) is 28.5 Å². The third-order valence-electron chi connectivity index (χ3n) is 11.9. The van der Waals surface area contributed by atoms with Crippen LogP contribution in [0.1, 0.15) is 150 Å². The largest absolute Gasteiger partial charge is 0.512 e. The number of carbonyl (C=O) groups is 1. The Morgan fingerprint density at radius 1 is 0.796 bits per heavy atom. The highest BCUT2D eigenvalue weighted by Crippen LogP contribution is 2.41. The minimum absolute atomic E-state index is 0.0924. The maximum atomic E-state index is 12.1. The molecular formula is C41H70O8. The molecule has 1 aliphatic heterocycles. The minimum atomic E-state index is -0.722. The van der Waals surface area contributed by atoms with Crippen molar-refractivity contribution in [3.63, 3.8) is 0 Å². The van der Waals surface area contributed by atoms with Gasteiger partial charge in [0.25, 0.3) is 0 Å². The van der Waals surface area contributed by atoms with Gasteiger partial charge < -0.3 is 33.9 Å². The van der Waals surface area contributed by atoms with Crippen LogP contribution in [0.25, 0.3) is 0 Å². The Bertz CT molecular complexity index is 1010. The molecule has 1 heterocycles. The number of carbonyl (C=O) groups excluding carboxylic acids is 1. The number of rotatable bonds is 21. The second kappa shape index (κ2) is 21.7. The first-order valence-corrected chi connectivity index (χ1v) is 20.3. The van der Waals surface area contributed by atoms with Crippen LogP contribution < -0.4 is 0 Å². The predicted octanol–water partition coefficient (Wildman–Crippen LogP) is 9.14. The highest BCUT2D eigenvalue weighted by Gasteiger charge is 2.40. The predicted molar refractivity (Wildman–Crippen MR) is 193 cm³/mol. The van der Waals surface area contributed by atoms with E-state index in [4.69, 9.17) is 23.7 Å². The number of hydrogen-bond donors (Lipinski definition) is 2. The van der Waals surface area contributed by atoms with Gasteiger partial charge in [-0.1, -0.05) is 66.2 Å². The van der Waals surface area contributed by atoms with Gasteiger partial charge in [-0.05, 0) is 100 Å². The molecule has 0 aromatic heterocycles. The lowest BCUT2D eigenvalue weighted by atomic mass is 9.77. The normalized spacial score (nSPS) is 30.5. The topological polar surface area (TPSA) is 104 Å². The summed E-state index contributed by atoms with van der Waals surface area (Å²) in [5.41, 5.74) is 0.998. The molecule has 4 rings (SSSR count). The minimum Gasteiger partial charge on any atom is -0.512 e. The van der Waals surface area contributed by atoms with E-state index in [1.54, 1.807) is 0 Å². The Balaban J connectivity index is 1.27.